The van der Waals surface area contributed by atoms with Crippen molar-refractivity contribution in [2.75, 3.05) is 13.1 Å². The van der Waals surface area contributed by atoms with Crippen LogP contribution in [0.25, 0.3) is 0 Å². The Morgan fingerprint density at radius 2 is 1.68 bits per heavy atom. The molecule has 5 nitrogen and oxygen atoms in total. The van der Waals surface area contributed by atoms with E-state index >= 15 is 0 Å². The highest BCUT2D eigenvalue weighted by atomic mass is 32.2. The zero-order valence-electron chi connectivity index (χ0n) is 15.5. The highest BCUT2D eigenvalue weighted by Gasteiger charge is 2.36. The predicted molar refractivity (Wildman–Crippen MR) is 105 cm³/mol. The monoisotopic (exact) mass is 405 g/mol. The first kappa shape index (κ1) is 20.5. The van der Waals surface area contributed by atoms with Gasteiger partial charge < -0.3 is 5.11 Å². The number of nitrogens with zero attached hydrogens (tertiary/aromatic N) is 1. The molecule has 7 heteroatoms. The van der Waals surface area contributed by atoms with Gasteiger partial charge in [0, 0.05) is 13.1 Å². The number of halogens is 1. The Bertz CT molecular complexity index is 892. The van der Waals surface area contributed by atoms with E-state index in [0.717, 1.165) is 11.1 Å². The molecule has 1 fully saturated rings. The van der Waals surface area contributed by atoms with Gasteiger partial charge in [-0.1, -0.05) is 42.5 Å². The molecule has 150 valence electrons. The van der Waals surface area contributed by atoms with E-state index in [1.807, 2.05) is 30.3 Å². The first-order chi connectivity index (χ1) is 13.4. The summed E-state index contributed by atoms with van der Waals surface area (Å²) in [7, 11) is -3.74. The number of benzene rings is 2. The molecule has 28 heavy (non-hydrogen) atoms. The Balaban J connectivity index is 1.71. The maximum absolute atomic E-state index is 13.1. The van der Waals surface area contributed by atoms with E-state index in [-0.39, 0.29) is 18.2 Å². The van der Waals surface area contributed by atoms with E-state index in [1.165, 1.54) is 16.4 Å². The quantitative estimate of drug-likeness (QED) is 0.766. The molecule has 2 aromatic rings. The van der Waals surface area contributed by atoms with E-state index in [1.54, 1.807) is 12.1 Å². The van der Waals surface area contributed by atoms with Crippen molar-refractivity contribution in [3.05, 3.63) is 71.5 Å². The lowest BCUT2D eigenvalue weighted by molar-refractivity contribution is -0.137. The topological polar surface area (TPSA) is 74.7 Å². The summed E-state index contributed by atoms with van der Waals surface area (Å²) in [6, 6.07) is 15.4. The maximum atomic E-state index is 13.1. The fraction of sp³-hybridized carbons (Fsp3) is 0.381. The number of piperidine rings is 1. The Kier molecular flexibility index (Phi) is 6.46. The third-order valence-electron chi connectivity index (χ3n) is 5.28. The Hall–Kier alpha value is -2.25. The van der Waals surface area contributed by atoms with Crippen LogP contribution in [0.4, 0.5) is 4.39 Å². The number of sulfonamides is 1. The van der Waals surface area contributed by atoms with Crippen LogP contribution in [0.5, 0.6) is 0 Å². The van der Waals surface area contributed by atoms with Gasteiger partial charge in [0.05, 0.1) is 11.7 Å². The number of rotatable bonds is 7. The molecule has 1 N–H and O–H groups in total. The minimum atomic E-state index is -3.74. The zero-order chi connectivity index (χ0) is 20.1. The molecule has 1 saturated heterocycles. The van der Waals surface area contributed by atoms with Crippen molar-refractivity contribution in [2.24, 2.45) is 0 Å². The van der Waals surface area contributed by atoms with Gasteiger partial charge >= 0.3 is 5.97 Å². The van der Waals surface area contributed by atoms with Gasteiger partial charge in [-0.15, -0.1) is 0 Å². The first-order valence-corrected chi connectivity index (χ1v) is 10.9. The summed E-state index contributed by atoms with van der Waals surface area (Å²) in [4.78, 5) is 11.3. The van der Waals surface area contributed by atoms with Crippen LogP contribution in [0.15, 0.2) is 54.6 Å². The summed E-state index contributed by atoms with van der Waals surface area (Å²) in [5.41, 5.74) is 1.81. The van der Waals surface area contributed by atoms with E-state index in [2.05, 4.69) is 0 Å². The van der Waals surface area contributed by atoms with Gasteiger partial charge in [-0.25, -0.2) is 17.1 Å². The number of hydrogen-bond donors (Lipinski definition) is 1. The molecule has 3 rings (SSSR count). The van der Waals surface area contributed by atoms with Crippen molar-refractivity contribution in [1.29, 1.82) is 0 Å². The van der Waals surface area contributed by atoms with Crippen molar-refractivity contribution >= 4 is 16.0 Å². The number of carboxylic acids is 1. The highest BCUT2D eigenvalue weighted by molar-refractivity contribution is 7.89. The van der Waals surface area contributed by atoms with Gasteiger partial charge in [-0.2, -0.15) is 0 Å². The fourth-order valence-electron chi connectivity index (χ4n) is 3.74. The van der Waals surface area contributed by atoms with Gasteiger partial charge in [0.1, 0.15) is 5.82 Å². The zero-order valence-corrected chi connectivity index (χ0v) is 16.3. The highest BCUT2D eigenvalue weighted by Crippen LogP contribution is 2.31. The lowest BCUT2D eigenvalue weighted by Crippen LogP contribution is -2.44. The second-order valence-electron chi connectivity index (χ2n) is 7.18. The molecule has 2 aromatic carbocycles. The normalized spacial score (nSPS) is 17.3. The van der Waals surface area contributed by atoms with Crippen LogP contribution in [0.3, 0.4) is 0 Å². The lowest BCUT2D eigenvalue weighted by Gasteiger charge is -2.33. The average Bonchev–Trinajstić information content (AvgIpc) is 2.69. The second kappa shape index (κ2) is 8.84. The molecule has 1 aliphatic heterocycles. The number of hydrogen-bond acceptors (Lipinski definition) is 3. The van der Waals surface area contributed by atoms with Crippen molar-refractivity contribution in [1.82, 2.24) is 4.31 Å². The first-order valence-electron chi connectivity index (χ1n) is 9.36. The largest absolute Gasteiger partial charge is 0.481 e. The van der Waals surface area contributed by atoms with E-state index in [9.17, 15) is 22.7 Å². The summed E-state index contributed by atoms with van der Waals surface area (Å²) >= 11 is 0. The van der Waals surface area contributed by atoms with Crippen molar-refractivity contribution in [3.63, 3.8) is 0 Å². The molecular weight excluding hydrogens is 381 g/mol. The maximum Gasteiger partial charge on any atom is 0.304 e. The molecule has 1 heterocycles. The second-order valence-corrected chi connectivity index (χ2v) is 9.39. The molecule has 1 atom stereocenters. The average molecular weight is 405 g/mol. The van der Waals surface area contributed by atoms with Crippen LogP contribution in [-0.2, 0) is 21.2 Å². The number of carbonyl (C=O) groups is 1. The van der Waals surface area contributed by atoms with Crippen molar-refractivity contribution < 1.29 is 22.7 Å². The van der Waals surface area contributed by atoms with E-state index in [4.69, 9.17) is 0 Å². The predicted octanol–water partition coefficient (Wildman–Crippen LogP) is 3.42. The molecule has 0 spiro atoms. The smallest absolute Gasteiger partial charge is 0.304 e. The Morgan fingerprint density at radius 1 is 1.07 bits per heavy atom. The summed E-state index contributed by atoms with van der Waals surface area (Å²) in [5, 5.41) is 8.23. The summed E-state index contributed by atoms with van der Waals surface area (Å²) in [6.45, 7) is 0.685. The Morgan fingerprint density at radius 3 is 2.25 bits per heavy atom. The van der Waals surface area contributed by atoms with Gasteiger partial charge in [0.25, 0.3) is 0 Å². The fourth-order valence-corrected chi connectivity index (χ4v) is 5.64. The molecule has 1 unspecified atom stereocenters. The van der Waals surface area contributed by atoms with Gasteiger partial charge in [0.2, 0.25) is 10.0 Å². The van der Waals surface area contributed by atoms with Crippen LogP contribution >= 0.6 is 0 Å². The third-order valence-corrected chi connectivity index (χ3v) is 7.55. The molecule has 0 bridgehead atoms. The Labute approximate surface area is 164 Å². The molecule has 0 amide bonds. The summed E-state index contributed by atoms with van der Waals surface area (Å²) in [6.07, 6.45) is 1.02. The van der Waals surface area contributed by atoms with Gasteiger partial charge in [-0.05, 0) is 48.4 Å². The summed E-state index contributed by atoms with van der Waals surface area (Å²) < 4.78 is 40.8. The molecule has 0 aromatic heterocycles. The molecule has 0 saturated carbocycles. The van der Waals surface area contributed by atoms with Gasteiger partial charge in [-0.3, -0.25) is 4.79 Å². The minimum absolute atomic E-state index is 0.174. The van der Waals surface area contributed by atoms with E-state index < -0.39 is 27.7 Å². The van der Waals surface area contributed by atoms with E-state index in [0.29, 0.717) is 25.9 Å². The number of carboxylic acid groups (broad SMARTS) is 1. The molecular formula is C21H24FNO4S. The van der Waals surface area contributed by atoms with Crippen LogP contribution < -0.4 is 0 Å². The van der Waals surface area contributed by atoms with Crippen LogP contribution in [0, 0.1) is 5.82 Å². The minimum Gasteiger partial charge on any atom is -0.481 e. The van der Waals surface area contributed by atoms with Crippen LogP contribution in [-0.4, -0.2) is 42.1 Å². The third kappa shape index (κ3) is 4.97. The standard InChI is InChI=1S/C21H24FNO4S/c22-19-8-6-17(7-9-19)18-10-12-23(13-11-18)28(26,27)20(15-21(24)25)14-16-4-2-1-3-5-16/h1-9,18,20H,10-15H2,(H,24,25). The molecule has 0 radical (unpaired) electrons. The van der Waals surface area contributed by atoms with Crippen molar-refractivity contribution in [2.45, 2.75) is 36.9 Å². The number of aliphatic carboxylic acids is 1. The molecule has 0 aliphatic carbocycles. The SMILES string of the molecule is O=C(O)CC(Cc1ccccc1)S(=O)(=O)N1CCC(c2ccc(F)cc2)CC1. The van der Waals surface area contributed by atoms with Crippen molar-refractivity contribution in [3.8, 4) is 0 Å². The molecule has 1 aliphatic rings. The van der Waals surface area contributed by atoms with Gasteiger partial charge in [0.15, 0.2) is 0 Å². The summed E-state index contributed by atoms with van der Waals surface area (Å²) in [5.74, 6) is -1.23. The van der Waals surface area contributed by atoms with Crippen LogP contribution in [0.1, 0.15) is 36.3 Å². The lowest BCUT2D eigenvalue weighted by atomic mass is 9.90. The van der Waals surface area contributed by atoms with Crippen LogP contribution in [0.2, 0.25) is 0 Å².